The Labute approximate surface area is 135 Å². The molecule has 2 aromatic heterocycles. The van der Waals surface area contributed by atoms with E-state index in [0.717, 1.165) is 5.92 Å². The molecule has 0 saturated heterocycles. The molecule has 120 valence electrons. The summed E-state index contributed by atoms with van der Waals surface area (Å²) in [5.41, 5.74) is 2.51. The highest BCUT2D eigenvalue weighted by Crippen LogP contribution is 2.30. The Morgan fingerprint density at radius 1 is 0.818 bits per heavy atom. The normalized spacial score (nSPS) is 10.4. The molecule has 0 aliphatic carbocycles. The first-order valence-electron chi connectivity index (χ1n) is 8.35. The molecule has 2 nitrogen and oxygen atoms in total. The molecule has 3 aromatic rings. The Morgan fingerprint density at radius 3 is 1.95 bits per heavy atom. The van der Waals surface area contributed by atoms with Gasteiger partial charge in [-0.05, 0) is 31.9 Å². The third-order valence-electron chi connectivity index (χ3n) is 3.03. The molecule has 22 heavy (non-hydrogen) atoms. The van der Waals surface area contributed by atoms with Crippen molar-refractivity contribution >= 4 is 21.8 Å². The fourth-order valence-corrected chi connectivity index (χ4v) is 2.40. The van der Waals surface area contributed by atoms with Gasteiger partial charge in [-0.25, -0.2) is 0 Å². The first-order chi connectivity index (χ1) is 10.5. The lowest BCUT2D eigenvalue weighted by atomic mass is 10.2. The summed E-state index contributed by atoms with van der Waals surface area (Å²) in [5, 5.41) is 2.60. The van der Waals surface area contributed by atoms with Crippen molar-refractivity contribution in [1.29, 1.82) is 0 Å². The second-order valence-corrected chi connectivity index (χ2v) is 6.11. The standard InChI is InChI=1S/C14H14N2.C4H10.C2H6/c1-10(2)16-13-6-4-3-5-11(13)12-7-8-15-9-14(12)16;1-4(2)3;1-2/h3-10H,1-2H3;4H,1-3H3;1-2H3. The number of nitrogens with zero attached hydrogens (tertiary/aromatic N) is 2. The topological polar surface area (TPSA) is 17.8 Å². The van der Waals surface area contributed by atoms with Gasteiger partial charge in [-0.1, -0.05) is 52.8 Å². The van der Waals surface area contributed by atoms with Gasteiger partial charge in [-0.3, -0.25) is 4.98 Å². The highest BCUT2D eigenvalue weighted by molar-refractivity contribution is 6.07. The number of fused-ring (bicyclic) bond motifs is 3. The van der Waals surface area contributed by atoms with Crippen molar-refractivity contribution in [2.45, 2.75) is 54.5 Å². The van der Waals surface area contributed by atoms with Crippen LogP contribution >= 0.6 is 0 Å². The van der Waals surface area contributed by atoms with Crippen LogP contribution in [-0.2, 0) is 0 Å². The van der Waals surface area contributed by atoms with Crippen molar-refractivity contribution < 1.29 is 0 Å². The Morgan fingerprint density at radius 2 is 1.36 bits per heavy atom. The molecule has 0 radical (unpaired) electrons. The van der Waals surface area contributed by atoms with Crippen LogP contribution in [0, 0.1) is 5.92 Å². The van der Waals surface area contributed by atoms with Crippen LogP contribution in [0.3, 0.4) is 0 Å². The minimum absolute atomic E-state index is 0.451. The van der Waals surface area contributed by atoms with E-state index in [1.54, 1.807) is 0 Å². The molecule has 0 atom stereocenters. The second-order valence-electron chi connectivity index (χ2n) is 6.11. The molecule has 0 saturated carbocycles. The lowest BCUT2D eigenvalue weighted by Gasteiger charge is -2.10. The van der Waals surface area contributed by atoms with Gasteiger partial charge in [0.2, 0.25) is 0 Å². The van der Waals surface area contributed by atoms with Crippen molar-refractivity contribution in [3.63, 3.8) is 0 Å². The molecule has 0 bridgehead atoms. The molecule has 0 unspecified atom stereocenters. The van der Waals surface area contributed by atoms with Gasteiger partial charge in [-0.15, -0.1) is 0 Å². The maximum absolute atomic E-state index is 4.23. The van der Waals surface area contributed by atoms with Crippen LogP contribution in [-0.4, -0.2) is 9.55 Å². The quantitative estimate of drug-likeness (QED) is 0.504. The Kier molecular flexibility index (Phi) is 7.10. The van der Waals surface area contributed by atoms with Crippen LogP contribution in [0.25, 0.3) is 21.8 Å². The summed E-state index contributed by atoms with van der Waals surface area (Å²) in [6, 6.07) is 11.1. The van der Waals surface area contributed by atoms with Gasteiger partial charge in [-0.2, -0.15) is 0 Å². The zero-order valence-electron chi connectivity index (χ0n) is 15.1. The van der Waals surface area contributed by atoms with Crippen LogP contribution in [0.2, 0.25) is 0 Å². The lowest BCUT2D eigenvalue weighted by molar-refractivity contribution is 0.641. The minimum Gasteiger partial charge on any atom is -0.337 e. The lowest BCUT2D eigenvalue weighted by Crippen LogP contribution is -1.99. The van der Waals surface area contributed by atoms with Crippen molar-refractivity contribution in [2.24, 2.45) is 5.92 Å². The first-order valence-corrected chi connectivity index (χ1v) is 8.35. The Balaban J connectivity index is 0.000000354. The Hall–Kier alpha value is -1.83. The van der Waals surface area contributed by atoms with Gasteiger partial charge < -0.3 is 4.57 Å². The van der Waals surface area contributed by atoms with E-state index in [0.29, 0.717) is 6.04 Å². The van der Waals surface area contributed by atoms with Crippen molar-refractivity contribution in [1.82, 2.24) is 9.55 Å². The van der Waals surface area contributed by atoms with E-state index in [4.69, 9.17) is 0 Å². The van der Waals surface area contributed by atoms with Crippen LogP contribution < -0.4 is 0 Å². The number of benzene rings is 1. The number of hydrogen-bond acceptors (Lipinski definition) is 1. The zero-order valence-corrected chi connectivity index (χ0v) is 15.1. The molecule has 0 N–H and O–H groups in total. The van der Waals surface area contributed by atoms with E-state index in [1.165, 1.54) is 21.8 Å². The number of aromatic nitrogens is 2. The molecule has 0 spiro atoms. The number of hydrogen-bond donors (Lipinski definition) is 0. The van der Waals surface area contributed by atoms with Crippen molar-refractivity contribution in [2.75, 3.05) is 0 Å². The average Bonchev–Trinajstić information content (AvgIpc) is 2.83. The molecule has 0 amide bonds. The molecular weight excluding hydrogens is 268 g/mol. The molecule has 0 aliphatic heterocycles. The van der Waals surface area contributed by atoms with Crippen LogP contribution in [0.15, 0.2) is 42.7 Å². The first kappa shape index (κ1) is 18.2. The third kappa shape index (κ3) is 4.09. The second kappa shape index (κ2) is 8.57. The van der Waals surface area contributed by atoms with Crippen molar-refractivity contribution in [3.05, 3.63) is 42.7 Å². The van der Waals surface area contributed by atoms with Crippen LogP contribution in [0.5, 0.6) is 0 Å². The van der Waals surface area contributed by atoms with Gasteiger partial charge in [0.05, 0.1) is 11.7 Å². The largest absolute Gasteiger partial charge is 0.337 e. The summed E-state index contributed by atoms with van der Waals surface area (Å²) in [5.74, 6) is 0.833. The van der Waals surface area contributed by atoms with Gasteiger partial charge in [0.1, 0.15) is 0 Å². The maximum Gasteiger partial charge on any atom is 0.0680 e. The third-order valence-corrected chi connectivity index (χ3v) is 3.03. The van der Waals surface area contributed by atoms with Crippen LogP contribution in [0.1, 0.15) is 54.5 Å². The van der Waals surface area contributed by atoms with Gasteiger partial charge in [0.25, 0.3) is 0 Å². The molecule has 1 aromatic carbocycles. The summed E-state index contributed by atoms with van der Waals surface area (Å²) in [6.45, 7) is 14.9. The summed E-state index contributed by atoms with van der Waals surface area (Å²) in [6.07, 6.45) is 3.81. The zero-order chi connectivity index (χ0) is 16.7. The van der Waals surface area contributed by atoms with Gasteiger partial charge in [0.15, 0.2) is 0 Å². The summed E-state index contributed by atoms with van der Waals surface area (Å²) in [7, 11) is 0. The predicted octanol–water partition coefficient (Wildman–Crippen LogP) is 6.46. The maximum atomic E-state index is 4.23. The molecule has 2 heteroatoms. The average molecular weight is 298 g/mol. The van der Waals surface area contributed by atoms with Crippen LogP contribution in [0.4, 0.5) is 0 Å². The smallest absolute Gasteiger partial charge is 0.0680 e. The van der Waals surface area contributed by atoms with Gasteiger partial charge >= 0.3 is 0 Å². The van der Waals surface area contributed by atoms with E-state index < -0.39 is 0 Å². The summed E-state index contributed by atoms with van der Waals surface area (Å²) >= 11 is 0. The number of rotatable bonds is 1. The number of para-hydroxylation sites is 1. The van der Waals surface area contributed by atoms with E-state index in [-0.39, 0.29) is 0 Å². The van der Waals surface area contributed by atoms with Gasteiger partial charge in [0, 0.05) is 28.5 Å². The summed E-state index contributed by atoms with van der Waals surface area (Å²) < 4.78 is 2.34. The van der Waals surface area contributed by atoms with Crippen molar-refractivity contribution in [3.8, 4) is 0 Å². The van der Waals surface area contributed by atoms with E-state index >= 15 is 0 Å². The molecule has 0 fully saturated rings. The highest BCUT2D eigenvalue weighted by atomic mass is 15.0. The molecule has 0 aliphatic rings. The summed E-state index contributed by atoms with van der Waals surface area (Å²) in [4.78, 5) is 4.23. The SMILES string of the molecule is CC.CC(C)C.CC(C)n1c2ccccc2c2ccncc21. The molecular formula is C20H30N2. The predicted molar refractivity (Wildman–Crippen MR) is 99.5 cm³/mol. The Bertz CT molecular complexity index is 637. The number of pyridine rings is 1. The van der Waals surface area contributed by atoms with E-state index in [1.807, 2.05) is 26.2 Å². The van der Waals surface area contributed by atoms with E-state index in [2.05, 4.69) is 74.5 Å². The minimum atomic E-state index is 0.451. The molecule has 2 heterocycles. The fraction of sp³-hybridized carbons (Fsp3) is 0.450. The fourth-order valence-electron chi connectivity index (χ4n) is 2.40. The highest BCUT2D eigenvalue weighted by Gasteiger charge is 2.11. The monoisotopic (exact) mass is 298 g/mol. The van der Waals surface area contributed by atoms with E-state index in [9.17, 15) is 0 Å². The molecule has 3 rings (SSSR count).